The molecule has 0 N–H and O–H groups in total. The molecule has 2 heterocycles. The van der Waals surface area contributed by atoms with E-state index in [1.54, 1.807) is 6.20 Å². The highest BCUT2D eigenvalue weighted by atomic mass is 79.9. The van der Waals surface area contributed by atoms with Gasteiger partial charge in [0.25, 0.3) is 0 Å². The van der Waals surface area contributed by atoms with Crippen molar-refractivity contribution in [2.24, 2.45) is 0 Å². The second-order valence-corrected chi connectivity index (χ2v) is 3.83. The summed E-state index contributed by atoms with van der Waals surface area (Å²) in [6.07, 6.45) is 3.72. The Bertz CT molecular complexity index is 452. The second kappa shape index (κ2) is 3.27. The highest BCUT2D eigenvalue weighted by molar-refractivity contribution is 9.10. The van der Waals surface area contributed by atoms with Gasteiger partial charge in [0.2, 0.25) is 5.28 Å². The number of nitrogens with zero attached hydrogens (tertiary/aromatic N) is 3. The smallest absolute Gasteiger partial charge is 0.223 e. The van der Waals surface area contributed by atoms with Crippen LogP contribution in [0.25, 0.3) is 11.0 Å². The molecule has 0 unspecified atom stereocenters. The largest absolute Gasteiger partial charge is 0.344 e. The minimum Gasteiger partial charge on any atom is -0.344 e. The molecule has 0 aliphatic heterocycles. The maximum atomic E-state index is 5.69. The number of fused-ring (bicyclic) bond motifs is 1. The molecule has 5 heteroatoms. The standard InChI is InChI=1S/C8H7BrClN3/c1-2-13-4-5(9)7-6(13)3-11-8(10)12-7/h3-4H,2H2,1H3. The zero-order chi connectivity index (χ0) is 9.42. The Morgan fingerprint density at radius 1 is 1.62 bits per heavy atom. The van der Waals surface area contributed by atoms with E-state index >= 15 is 0 Å². The van der Waals surface area contributed by atoms with Crippen LogP contribution in [0.15, 0.2) is 16.9 Å². The second-order valence-electron chi connectivity index (χ2n) is 2.64. The van der Waals surface area contributed by atoms with Crippen molar-refractivity contribution in [3.8, 4) is 0 Å². The van der Waals surface area contributed by atoms with Gasteiger partial charge in [0.15, 0.2) is 0 Å². The van der Waals surface area contributed by atoms with Gasteiger partial charge in [0.1, 0.15) is 5.52 Å². The SMILES string of the molecule is CCn1cc(Br)c2nc(Cl)ncc21. The van der Waals surface area contributed by atoms with Gasteiger partial charge in [-0.3, -0.25) is 0 Å². The van der Waals surface area contributed by atoms with Crippen LogP contribution in [-0.4, -0.2) is 14.5 Å². The van der Waals surface area contributed by atoms with E-state index in [1.165, 1.54) is 0 Å². The fourth-order valence-electron chi connectivity index (χ4n) is 1.27. The van der Waals surface area contributed by atoms with Crippen LogP contribution in [0.5, 0.6) is 0 Å². The zero-order valence-electron chi connectivity index (χ0n) is 6.96. The lowest BCUT2D eigenvalue weighted by molar-refractivity contribution is 0.794. The Hall–Kier alpha value is -0.610. The normalized spacial score (nSPS) is 11.0. The molecule has 68 valence electrons. The fraction of sp³-hybridized carbons (Fsp3) is 0.250. The fourth-order valence-corrected chi connectivity index (χ4v) is 1.94. The number of hydrogen-bond acceptors (Lipinski definition) is 2. The Morgan fingerprint density at radius 3 is 3.08 bits per heavy atom. The third-order valence-electron chi connectivity index (χ3n) is 1.89. The Labute approximate surface area is 88.9 Å². The van der Waals surface area contributed by atoms with Crippen LogP contribution in [0, 0.1) is 0 Å². The molecule has 0 radical (unpaired) electrons. The van der Waals surface area contributed by atoms with E-state index in [4.69, 9.17) is 11.6 Å². The summed E-state index contributed by atoms with van der Waals surface area (Å²) in [5.41, 5.74) is 1.86. The van der Waals surface area contributed by atoms with Crippen LogP contribution in [0.2, 0.25) is 5.28 Å². The van der Waals surface area contributed by atoms with Gasteiger partial charge >= 0.3 is 0 Å². The van der Waals surface area contributed by atoms with E-state index in [2.05, 4.69) is 37.4 Å². The first kappa shape index (κ1) is 8.97. The van der Waals surface area contributed by atoms with Crippen molar-refractivity contribution in [1.82, 2.24) is 14.5 Å². The maximum Gasteiger partial charge on any atom is 0.223 e. The summed E-state index contributed by atoms with van der Waals surface area (Å²) in [5, 5.41) is 0.280. The van der Waals surface area contributed by atoms with Crippen LogP contribution >= 0.6 is 27.5 Å². The van der Waals surface area contributed by atoms with E-state index in [-0.39, 0.29) is 5.28 Å². The van der Waals surface area contributed by atoms with Crippen molar-refractivity contribution in [3.63, 3.8) is 0 Å². The van der Waals surface area contributed by atoms with Gasteiger partial charge in [-0.1, -0.05) is 0 Å². The van der Waals surface area contributed by atoms with Crippen molar-refractivity contribution in [3.05, 3.63) is 22.1 Å². The summed E-state index contributed by atoms with van der Waals surface area (Å²) in [6, 6.07) is 0. The van der Waals surface area contributed by atoms with Gasteiger partial charge in [-0.15, -0.1) is 0 Å². The van der Waals surface area contributed by atoms with E-state index in [0.29, 0.717) is 0 Å². The minimum absolute atomic E-state index is 0.280. The van der Waals surface area contributed by atoms with Crippen LogP contribution in [0.1, 0.15) is 6.92 Å². The molecule has 13 heavy (non-hydrogen) atoms. The molecule has 0 saturated heterocycles. The predicted molar refractivity (Wildman–Crippen MR) is 55.9 cm³/mol. The first-order valence-corrected chi connectivity index (χ1v) is 5.06. The van der Waals surface area contributed by atoms with E-state index in [9.17, 15) is 0 Å². The quantitative estimate of drug-likeness (QED) is 0.738. The molecule has 0 aliphatic rings. The van der Waals surface area contributed by atoms with Crippen molar-refractivity contribution in [2.75, 3.05) is 0 Å². The van der Waals surface area contributed by atoms with Crippen molar-refractivity contribution in [1.29, 1.82) is 0 Å². The molecule has 0 atom stereocenters. The van der Waals surface area contributed by atoms with Crippen molar-refractivity contribution >= 4 is 38.6 Å². The van der Waals surface area contributed by atoms with Crippen molar-refractivity contribution in [2.45, 2.75) is 13.5 Å². The lowest BCUT2D eigenvalue weighted by Gasteiger charge is -1.97. The molecule has 0 aromatic carbocycles. The summed E-state index contributed by atoms with van der Waals surface area (Å²) in [6.45, 7) is 2.97. The van der Waals surface area contributed by atoms with Gasteiger partial charge < -0.3 is 4.57 Å². The molecule has 2 aromatic heterocycles. The van der Waals surface area contributed by atoms with Gasteiger partial charge in [0.05, 0.1) is 16.2 Å². The average molecular weight is 261 g/mol. The lowest BCUT2D eigenvalue weighted by Crippen LogP contribution is -1.91. The summed E-state index contributed by atoms with van der Waals surface area (Å²) < 4.78 is 3.02. The zero-order valence-corrected chi connectivity index (χ0v) is 9.30. The first-order chi connectivity index (χ1) is 6.22. The summed E-state index contributed by atoms with van der Waals surface area (Å²) >= 11 is 9.11. The van der Waals surface area contributed by atoms with E-state index in [0.717, 1.165) is 22.1 Å². The Morgan fingerprint density at radius 2 is 2.38 bits per heavy atom. The monoisotopic (exact) mass is 259 g/mol. The number of rotatable bonds is 1. The van der Waals surface area contributed by atoms with Crippen LogP contribution < -0.4 is 0 Å². The van der Waals surface area contributed by atoms with E-state index < -0.39 is 0 Å². The molecule has 0 amide bonds. The molecular weight excluding hydrogens is 253 g/mol. The Balaban J connectivity index is 2.80. The number of halogens is 2. The number of aryl methyl sites for hydroxylation is 1. The summed E-state index contributed by atoms with van der Waals surface area (Å²) in [4.78, 5) is 8.07. The first-order valence-electron chi connectivity index (χ1n) is 3.89. The molecule has 0 aliphatic carbocycles. The van der Waals surface area contributed by atoms with Crippen LogP contribution in [-0.2, 0) is 6.54 Å². The molecule has 2 rings (SSSR count). The maximum absolute atomic E-state index is 5.69. The summed E-state index contributed by atoms with van der Waals surface area (Å²) in [7, 11) is 0. The summed E-state index contributed by atoms with van der Waals surface area (Å²) in [5.74, 6) is 0. The van der Waals surface area contributed by atoms with Gasteiger partial charge in [0, 0.05) is 12.7 Å². The molecule has 3 nitrogen and oxygen atoms in total. The topological polar surface area (TPSA) is 30.7 Å². The third kappa shape index (κ3) is 1.44. The van der Waals surface area contributed by atoms with Crippen molar-refractivity contribution < 1.29 is 0 Å². The van der Waals surface area contributed by atoms with E-state index in [1.807, 2.05) is 6.20 Å². The molecule has 0 saturated carbocycles. The lowest BCUT2D eigenvalue weighted by atomic mass is 10.5. The molecule has 0 spiro atoms. The molecule has 0 fully saturated rings. The number of hydrogen-bond donors (Lipinski definition) is 0. The van der Waals surface area contributed by atoms with Gasteiger partial charge in [-0.25, -0.2) is 9.97 Å². The number of aromatic nitrogens is 3. The van der Waals surface area contributed by atoms with Gasteiger partial charge in [-0.05, 0) is 34.5 Å². The van der Waals surface area contributed by atoms with Gasteiger partial charge in [-0.2, -0.15) is 0 Å². The molecule has 2 aromatic rings. The minimum atomic E-state index is 0.280. The third-order valence-corrected chi connectivity index (χ3v) is 2.65. The highest BCUT2D eigenvalue weighted by Crippen LogP contribution is 2.24. The molecular formula is C8H7BrClN3. The van der Waals surface area contributed by atoms with Crippen LogP contribution in [0.3, 0.4) is 0 Å². The highest BCUT2D eigenvalue weighted by Gasteiger charge is 2.07. The predicted octanol–water partition coefficient (Wildman–Crippen LogP) is 2.87. The average Bonchev–Trinajstić information content (AvgIpc) is 2.43. The Kier molecular flexibility index (Phi) is 2.26. The molecule has 0 bridgehead atoms. The van der Waals surface area contributed by atoms with Crippen LogP contribution in [0.4, 0.5) is 0 Å².